The Labute approximate surface area is 192 Å². The van der Waals surface area contributed by atoms with Crippen LogP contribution in [0.25, 0.3) is 0 Å². The van der Waals surface area contributed by atoms with Gasteiger partial charge in [-0.25, -0.2) is 8.42 Å². The molecule has 0 N–H and O–H groups in total. The molecule has 1 aliphatic carbocycles. The van der Waals surface area contributed by atoms with Gasteiger partial charge in [-0.05, 0) is 43.5 Å². The lowest BCUT2D eigenvalue weighted by molar-refractivity contribution is -0.129. The van der Waals surface area contributed by atoms with Gasteiger partial charge in [0, 0.05) is 58.9 Å². The van der Waals surface area contributed by atoms with E-state index in [0.29, 0.717) is 31.7 Å². The Bertz CT molecular complexity index is 895. The molecule has 8 nitrogen and oxygen atoms in total. The van der Waals surface area contributed by atoms with Crippen molar-refractivity contribution in [3.05, 3.63) is 29.8 Å². The van der Waals surface area contributed by atoms with Gasteiger partial charge in [0.2, 0.25) is 15.9 Å². The SMILES string of the molecule is CN(C)C(=O)CN1CCCN(C(=O)c2ccc(S(=O)(=O)N(C)C3CCCCC3)cc2)CC1. The molecule has 0 aromatic heterocycles. The molecule has 1 saturated carbocycles. The van der Waals surface area contributed by atoms with Crippen molar-refractivity contribution in [2.45, 2.75) is 49.5 Å². The number of sulfonamides is 1. The van der Waals surface area contributed by atoms with E-state index >= 15 is 0 Å². The van der Waals surface area contributed by atoms with E-state index in [2.05, 4.69) is 4.90 Å². The number of nitrogens with zero attached hydrogens (tertiary/aromatic N) is 4. The highest BCUT2D eigenvalue weighted by molar-refractivity contribution is 7.89. The van der Waals surface area contributed by atoms with E-state index in [9.17, 15) is 18.0 Å². The molecule has 1 aromatic rings. The van der Waals surface area contributed by atoms with Crippen LogP contribution in [0.1, 0.15) is 48.9 Å². The Hall–Kier alpha value is -1.97. The third kappa shape index (κ3) is 5.88. The lowest BCUT2D eigenvalue weighted by Crippen LogP contribution is -2.39. The summed E-state index contributed by atoms with van der Waals surface area (Å²) < 4.78 is 27.6. The number of rotatable bonds is 6. The first-order valence-corrected chi connectivity index (χ1v) is 12.9. The molecule has 1 saturated heterocycles. The lowest BCUT2D eigenvalue weighted by atomic mass is 9.96. The number of carbonyl (C=O) groups excluding carboxylic acids is 2. The molecule has 1 aliphatic heterocycles. The van der Waals surface area contributed by atoms with E-state index in [1.807, 2.05) is 0 Å². The number of hydrogen-bond donors (Lipinski definition) is 0. The van der Waals surface area contributed by atoms with Crippen LogP contribution in [-0.2, 0) is 14.8 Å². The van der Waals surface area contributed by atoms with Crippen molar-refractivity contribution < 1.29 is 18.0 Å². The van der Waals surface area contributed by atoms with Gasteiger partial charge in [0.15, 0.2) is 0 Å². The predicted molar refractivity (Wildman–Crippen MR) is 124 cm³/mol. The van der Waals surface area contributed by atoms with Crippen LogP contribution in [0.5, 0.6) is 0 Å². The van der Waals surface area contributed by atoms with Gasteiger partial charge in [0.1, 0.15) is 0 Å². The fourth-order valence-electron chi connectivity index (χ4n) is 4.42. The fourth-order valence-corrected chi connectivity index (χ4v) is 5.84. The second-order valence-electron chi connectivity index (χ2n) is 9.05. The maximum atomic E-state index is 13.0. The van der Waals surface area contributed by atoms with Crippen LogP contribution < -0.4 is 0 Å². The highest BCUT2D eigenvalue weighted by Crippen LogP contribution is 2.26. The smallest absolute Gasteiger partial charge is 0.253 e. The fraction of sp³-hybridized carbons (Fsp3) is 0.652. The minimum absolute atomic E-state index is 0.0504. The number of likely N-dealkylation sites (N-methyl/N-ethyl adjacent to an activating group) is 1. The Kier molecular flexibility index (Phi) is 8.30. The van der Waals surface area contributed by atoms with Crippen molar-refractivity contribution >= 4 is 21.8 Å². The topological polar surface area (TPSA) is 81.2 Å². The Balaban J connectivity index is 1.62. The molecule has 2 fully saturated rings. The van der Waals surface area contributed by atoms with E-state index in [1.165, 1.54) is 10.7 Å². The molecule has 1 heterocycles. The van der Waals surface area contributed by atoms with Gasteiger partial charge in [-0.1, -0.05) is 19.3 Å². The molecule has 0 bridgehead atoms. The number of benzene rings is 1. The highest BCUT2D eigenvalue weighted by Gasteiger charge is 2.29. The van der Waals surface area contributed by atoms with E-state index in [4.69, 9.17) is 0 Å². The molecule has 2 aliphatic rings. The van der Waals surface area contributed by atoms with Crippen molar-refractivity contribution in [2.24, 2.45) is 0 Å². The Morgan fingerprint density at radius 1 is 0.906 bits per heavy atom. The molecule has 32 heavy (non-hydrogen) atoms. The quantitative estimate of drug-likeness (QED) is 0.642. The van der Waals surface area contributed by atoms with Crippen LogP contribution in [0.4, 0.5) is 0 Å². The van der Waals surface area contributed by atoms with Crippen molar-refractivity contribution in [1.82, 2.24) is 19.0 Å². The van der Waals surface area contributed by atoms with Gasteiger partial charge in [0.05, 0.1) is 11.4 Å². The van der Waals surface area contributed by atoms with E-state index in [0.717, 1.165) is 38.6 Å². The molecule has 178 valence electrons. The zero-order valence-electron chi connectivity index (χ0n) is 19.5. The third-order valence-corrected chi connectivity index (χ3v) is 8.52. The van der Waals surface area contributed by atoms with Gasteiger partial charge in [-0.3, -0.25) is 14.5 Å². The minimum atomic E-state index is -3.57. The second kappa shape index (κ2) is 10.8. The number of amides is 2. The van der Waals surface area contributed by atoms with Gasteiger partial charge in [-0.15, -0.1) is 0 Å². The standard InChI is InChI=1S/C23H36N4O4S/c1-24(2)22(28)18-26-14-7-15-27(17-16-26)23(29)19-10-12-21(13-11-19)32(30,31)25(3)20-8-5-4-6-9-20/h10-13,20H,4-9,14-18H2,1-3H3. The lowest BCUT2D eigenvalue weighted by Gasteiger charge is -2.30. The van der Waals surface area contributed by atoms with Crippen LogP contribution in [0.2, 0.25) is 0 Å². The van der Waals surface area contributed by atoms with Gasteiger partial charge < -0.3 is 9.80 Å². The van der Waals surface area contributed by atoms with Crippen LogP contribution >= 0.6 is 0 Å². The molecule has 0 unspecified atom stereocenters. The molecular weight excluding hydrogens is 428 g/mol. The summed E-state index contributed by atoms with van der Waals surface area (Å²) in [6, 6.07) is 6.36. The van der Waals surface area contributed by atoms with Gasteiger partial charge in [0.25, 0.3) is 5.91 Å². The second-order valence-corrected chi connectivity index (χ2v) is 11.0. The van der Waals surface area contributed by atoms with Crippen molar-refractivity contribution in [1.29, 1.82) is 0 Å². The summed E-state index contributed by atoms with van der Waals surface area (Å²) in [6.07, 6.45) is 5.90. The van der Waals surface area contributed by atoms with E-state index in [1.54, 1.807) is 55.2 Å². The average Bonchev–Trinajstić information content (AvgIpc) is 3.04. The van der Waals surface area contributed by atoms with E-state index < -0.39 is 10.0 Å². The van der Waals surface area contributed by atoms with Crippen molar-refractivity contribution in [3.8, 4) is 0 Å². The average molecular weight is 465 g/mol. The molecule has 9 heteroatoms. The summed E-state index contributed by atoms with van der Waals surface area (Å²) in [5.41, 5.74) is 0.488. The molecule has 0 radical (unpaired) electrons. The molecule has 2 amide bonds. The summed E-state index contributed by atoms with van der Waals surface area (Å²) in [7, 11) is 1.57. The highest BCUT2D eigenvalue weighted by atomic mass is 32.2. The molecule has 1 aromatic carbocycles. The summed E-state index contributed by atoms with van der Waals surface area (Å²) in [6.45, 7) is 2.94. The summed E-state index contributed by atoms with van der Waals surface area (Å²) in [4.78, 5) is 30.6. The van der Waals surface area contributed by atoms with E-state index in [-0.39, 0.29) is 22.8 Å². The number of carbonyl (C=O) groups is 2. The first kappa shape index (κ1) is 24.7. The zero-order chi connectivity index (χ0) is 23.3. The number of hydrogen-bond acceptors (Lipinski definition) is 5. The van der Waals surface area contributed by atoms with Crippen LogP contribution in [-0.4, -0.2) is 99.1 Å². The van der Waals surface area contributed by atoms with Crippen molar-refractivity contribution in [2.75, 3.05) is 53.9 Å². The predicted octanol–water partition coefficient (Wildman–Crippen LogP) is 1.88. The first-order chi connectivity index (χ1) is 15.2. The maximum Gasteiger partial charge on any atom is 0.253 e. The molecule has 0 spiro atoms. The van der Waals surface area contributed by atoms with Crippen LogP contribution in [0, 0.1) is 0 Å². The molecule has 0 atom stereocenters. The molecule has 3 rings (SSSR count). The normalized spacial score (nSPS) is 19.1. The third-order valence-electron chi connectivity index (χ3n) is 6.60. The molecular formula is C23H36N4O4S. The van der Waals surface area contributed by atoms with Crippen molar-refractivity contribution in [3.63, 3.8) is 0 Å². The Morgan fingerprint density at radius 3 is 2.19 bits per heavy atom. The van der Waals surface area contributed by atoms with Crippen LogP contribution in [0.3, 0.4) is 0 Å². The monoisotopic (exact) mass is 464 g/mol. The maximum absolute atomic E-state index is 13.0. The zero-order valence-corrected chi connectivity index (χ0v) is 20.3. The summed E-state index contributed by atoms with van der Waals surface area (Å²) in [5.74, 6) is -0.0462. The first-order valence-electron chi connectivity index (χ1n) is 11.5. The summed E-state index contributed by atoms with van der Waals surface area (Å²) in [5, 5.41) is 0. The largest absolute Gasteiger partial charge is 0.348 e. The summed E-state index contributed by atoms with van der Waals surface area (Å²) >= 11 is 0. The van der Waals surface area contributed by atoms with Gasteiger partial charge >= 0.3 is 0 Å². The van der Waals surface area contributed by atoms with Crippen LogP contribution in [0.15, 0.2) is 29.2 Å². The van der Waals surface area contributed by atoms with Gasteiger partial charge in [-0.2, -0.15) is 4.31 Å². The Morgan fingerprint density at radius 2 is 1.56 bits per heavy atom. The minimum Gasteiger partial charge on any atom is -0.348 e.